The summed E-state index contributed by atoms with van der Waals surface area (Å²) in [5.41, 5.74) is 0.936. The number of hydrogen-bond donors (Lipinski definition) is 2. The summed E-state index contributed by atoms with van der Waals surface area (Å²) in [6, 6.07) is 11.7. The number of carbonyl (C=O) groups is 2. The highest BCUT2D eigenvalue weighted by Gasteiger charge is 2.17. The van der Waals surface area contributed by atoms with Crippen LogP contribution in [0.4, 0.5) is 5.13 Å². The highest BCUT2D eigenvalue weighted by Crippen LogP contribution is 2.28. The molecule has 7 nitrogen and oxygen atoms in total. The molecule has 2 heterocycles. The molecule has 0 unspecified atom stereocenters. The maximum atomic E-state index is 12.3. The molecule has 126 valence electrons. The van der Waals surface area contributed by atoms with Crippen LogP contribution in [0.25, 0.3) is 0 Å². The number of hydrogen-bond acceptors (Lipinski definition) is 7. The van der Waals surface area contributed by atoms with Gasteiger partial charge in [-0.3, -0.25) is 15.1 Å². The number of thioether (sulfide) groups is 1. The van der Waals surface area contributed by atoms with Gasteiger partial charge in [-0.2, -0.15) is 0 Å². The molecule has 25 heavy (non-hydrogen) atoms. The predicted molar refractivity (Wildman–Crippen MR) is 95.1 cm³/mol. The van der Waals surface area contributed by atoms with Crippen LogP contribution in [0.1, 0.15) is 26.4 Å². The molecule has 1 amide bonds. The number of aromatic nitrogens is 3. The number of nitrogens with zero attached hydrogens (tertiary/aromatic N) is 3. The summed E-state index contributed by atoms with van der Waals surface area (Å²) in [7, 11) is 0. The van der Waals surface area contributed by atoms with Gasteiger partial charge in [0, 0.05) is 11.9 Å². The summed E-state index contributed by atoms with van der Waals surface area (Å²) in [5.74, 6) is -1.05. The van der Waals surface area contributed by atoms with Crippen molar-refractivity contribution in [3.63, 3.8) is 0 Å². The zero-order valence-corrected chi connectivity index (χ0v) is 14.4. The molecule has 0 aliphatic heterocycles. The zero-order chi connectivity index (χ0) is 17.6. The van der Waals surface area contributed by atoms with Crippen molar-refractivity contribution in [2.24, 2.45) is 0 Å². The average Bonchev–Trinajstić information content (AvgIpc) is 3.08. The molecule has 0 saturated heterocycles. The second kappa shape index (κ2) is 7.86. The van der Waals surface area contributed by atoms with E-state index in [1.807, 2.05) is 18.2 Å². The van der Waals surface area contributed by atoms with E-state index in [0.29, 0.717) is 15.2 Å². The largest absolute Gasteiger partial charge is 0.478 e. The quantitative estimate of drug-likeness (QED) is 0.506. The van der Waals surface area contributed by atoms with Crippen molar-refractivity contribution >= 4 is 40.1 Å². The normalized spacial score (nSPS) is 10.4. The summed E-state index contributed by atoms with van der Waals surface area (Å²) < 4.78 is 0.687. The molecule has 0 bridgehead atoms. The van der Waals surface area contributed by atoms with Crippen LogP contribution >= 0.6 is 23.1 Å². The third-order valence-electron chi connectivity index (χ3n) is 3.10. The van der Waals surface area contributed by atoms with E-state index in [9.17, 15) is 9.59 Å². The molecule has 0 radical (unpaired) electrons. The van der Waals surface area contributed by atoms with E-state index in [0.717, 1.165) is 5.69 Å². The summed E-state index contributed by atoms with van der Waals surface area (Å²) in [4.78, 5) is 27.7. The molecule has 0 aliphatic carbocycles. The highest BCUT2D eigenvalue weighted by atomic mass is 32.2. The molecule has 0 fully saturated rings. The number of pyridine rings is 1. The smallest absolute Gasteiger partial charge is 0.336 e. The number of aromatic carboxylic acids is 1. The van der Waals surface area contributed by atoms with Crippen molar-refractivity contribution < 1.29 is 14.7 Å². The maximum Gasteiger partial charge on any atom is 0.336 e. The molecule has 2 N–H and O–H groups in total. The van der Waals surface area contributed by atoms with Crippen molar-refractivity contribution in [1.29, 1.82) is 0 Å². The van der Waals surface area contributed by atoms with Gasteiger partial charge in [-0.1, -0.05) is 41.3 Å². The predicted octanol–water partition coefficient (Wildman–Crippen LogP) is 3.18. The Morgan fingerprint density at radius 1 is 1.08 bits per heavy atom. The Kier molecular flexibility index (Phi) is 5.36. The van der Waals surface area contributed by atoms with Gasteiger partial charge < -0.3 is 5.11 Å². The lowest BCUT2D eigenvalue weighted by Crippen LogP contribution is -2.16. The van der Waals surface area contributed by atoms with Crippen molar-refractivity contribution in [3.05, 3.63) is 65.5 Å². The summed E-state index contributed by atoms with van der Waals surface area (Å²) >= 11 is 2.69. The van der Waals surface area contributed by atoms with Gasteiger partial charge in [0.05, 0.1) is 16.8 Å². The Labute approximate surface area is 151 Å². The minimum Gasteiger partial charge on any atom is -0.478 e. The Bertz CT molecular complexity index is 899. The lowest BCUT2D eigenvalue weighted by molar-refractivity contribution is 0.0692. The third-order valence-corrected chi connectivity index (χ3v) is 5.10. The van der Waals surface area contributed by atoms with E-state index in [4.69, 9.17) is 5.11 Å². The van der Waals surface area contributed by atoms with E-state index in [1.54, 1.807) is 18.3 Å². The van der Waals surface area contributed by atoms with Crippen LogP contribution in [0.2, 0.25) is 0 Å². The first-order chi connectivity index (χ1) is 12.1. The van der Waals surface area contributed by atoms with Gasteiger partial charge in [0.25, 0.3) is 5.91 Å². The fourth-order valence-corrected chi connectivity index (χ4v) is 3.63. The van der Waals surface area contributed by atoms with Gasteiger partial charge >= 0.3 is 5.97 Å². The van der Waals surface area contributed by atoms with Crippen LogP contribution in [-0.4, -0.2) is 32.2 Å². The van der Waals surface area contributed by atoms with E-state index in [2.05, 4.69) is 20.5 Å². The summed E-state index contributed by atoms with van der Waals surface area (Å²) in [6.45, 7) is 0. The summed E-state index contributed by atoms with van der Waals surface area (Å²) in [6.07, 6.45) is 1.72. The lowest BCUT2D eigenvalue weighted by Gasteiger charge is -2.04. The number of carboxylic acids is 1. The number of anilines is 1. The second-order valence-corrected chi connectivity index (χ2v) is 6.99. The number of benzene rings is 1. The molecular weight excluding hydrogens is 360 g/mol. The number of nitrogens with one attached hydrogen (secondary N) is 1. The first-order valence-electron chi connectivity index (χ1n) is 7.13. The van der Waals surface area contributed by atoms with Gasteiger partial charge in [0.15, 0.2) is 4.34 Å². The topological polar surface area (TPSA) is 105 Å². The Morgan fingerprint density at radius 3 is 2.56 bits per heavy atom. The number of rotatable bonds is 6. The molecule has 1 aromatic carbocycles. The van der Waals surface area contributed by atoms with Crippen LogP contribution in [0, 0.1) is 0 Å². The zero-order valence-electron chi connectivity index (χ0n) is 12.7. The van der Waals surface area contributed by atoms with E-state index < -0.39 is 11.9 Å². The van der Waals surface area contributed by atoms with Gasteiger partial charge in [-0.15, -0.1) is 10.2 Å². The van der Waals surface area contributed by atoms with E-state index in [1.165, 1.54) is 35.2 Å². The molecule has 0 atom stereocenters. The monoisotopic (exact) mass is 372 g/mol. The molecule has 9 heteroatoms. The average molecular weight is 372 g/mol. The van der Waals surface area contributed by atoms with Gasteiger partial charge in [-0.05, 0) is 24.3 Å². The SMILES string of the molecule is O=C(O)c1ccccc1C(=O)Nc1nnc(SCc2ccccn2)s1. The standard InChI is InChI=1S/C16H12N4O3S2/c21-13(11-6-1-2-7-12(11)14(22)23)18-15-19-20-16(25-15)24-9-10-5-3-4-8-17-10/h1-8H,9H2,(H,22,23)(H,18,19,21). The van der Waals surface area contributed by atoms with E-state index >= 15 is 0 Å². The van der Waals surface area contributed by atoms with Crippen molar-refractivity contribution in [2.45, 2.75) is 10.1 Å². The minimum absolute atomic E-state index is 0.0609. The summed E-state index contributed by atoms with van der Waals surface area (Å²) in [5, 5.41) is 20.0. The molecule has 0 spiro atoms. The van der Waals surface area contributed by atoms with E-state index in [-0.39, 0.29) is 11.1 Å². The fraction of sp³-hybridized carbons (Fsp3) is 0.0625. The number of amides is 1. The third kappa shape index (κ3) is 4.40. The second-order valence-electron chi connectivity index (χ2n) is 4.79. The van der Waals surface area contributed by atoms with Gasteiger partial charge in [-0.25, -0.2) is 4.79 Å². The van der Waals surface area contributed by atoms with Crippen molar-refractivity contribution in [2.75, 3.05) is 5.32 Å². The molecule has 3 rings (SSSR count). The maximum absolute atomic E-state index is 12.3. The Hall–Kier alpha value is -2.78. The van der Waals surface area contributed by atoms with Crippen molar-refractivity contribution in [1.82, 2.24) is 15.2 Å². The molecule has 0 saturated carbocycles. The lowest BCUT2D eigenvalue weighted by atomic mass is 10.1. The van der Waals surface area contributed by atoms with Crippen LogP contribution in [-0.2, 0) is 5.75 Å². The Morgan fingerprint density at radius 2 is 1.84 bits per heavy atom. The Balaban J connectivity index is 1.65. The van der Waals surface area contributed by atoms with Crippen LogP contribution in [0.3, 0.4) is 0 Å². The fourth-order valence-electron chi connectivity index (χ4n) is 1.97. The van der Waals surface area contributed by atoms with Crippen LogP contribution < -0.4 is 5.32 Å². The van der Waals surface area contributed by atoms with Gasteiger partial charge in [0.1, 0.15) is 0 Å². The first kappa shape index (κ1) is 17.1. The molecule has 2 aromatic heterocycles. The van der Waals surface area contributed by atoms with Crippen molar-refractivity contribution in [3.8, 4) is 0 Å². The molecular formula is C16H12N4O3S2. The van der Waals surface area contributed by atoms with Crippen LogP contribution in [0.15, 0.2) is 53.0 Å². The first-order valence-corrected chi connectivity index (χ1v) is 8.93. The van der Waals surface area contributed by atoms with Gasteiger partial charge in [0.2, 0.25) is 5.13 Å². The number of carboxylic acid groups (broad SMARTS) is 1. The highest BCUT2D eigenvalue weighted by molar-refractivity contribution is 8.00. The van der Waals surface area contributed by atoms with Crippen LogP contribution in [0.5, 0.6) is 0 Å². The molecule has 0 aliphatic rings. The number of carbonyl (C=O) groups excluding carboxylic acids is 1. The molecule has 3 aromatic rings. The minimum atomic E-state index is -1.16.